The third kappa shape index (κ3) is 4.32. The summed E-state index contributed by atoms with van der Waals surface area (Å²) in [6.07, 6.45) is 2.07. The van der Waals surface area contributed by atoms with Crippen LogP contribution in [-0.2, 0) is 0 Å². The zero-order valence-electron chi connectivity index (χ0n) is 18.4. The van der Waals surface area contributed by atoms with Gasteiger partial charge in [-0.1, -0.05) is 54.1 Å². The van der Waals surface area contributed by atoms with Crippen LogP contribution in [0, 0.1) is 6.92 Å². The van der Waals surface area contributed by atoms with Crippen molar-refractivity contribution >= 4 is 39.9 Å². The minimum absolute atomic E-state index is 0.320. The van der Waals surface area contributed by atoms with Crippen LogP contribution in [0.2, 0.25) is 5.02 Å². The normalized spacial score (nSPS) is 14.4. The molecule has 5 rings (SSSR count). The predicted molar refractivity (Wildman–Crippen MR) is 135 cm³/mol. The molecule has 1 aromatic heterocycles. The summed E-state index contributed by atoms with van der Waals surface area (Å²) in [5, 5.41) is 16.9. The number of carbonyl (C=O) groups excluding carboxylic acids is 1. The van der Waals surface area contributed by atoms with Crippen molar-refractivity contribution in [2.45, 2.75) is 25.7 Å². The number of urea groups is 1. The number of nitrogens with zero attached hydrogens (tertiary/aromatic N) is 2. The Hall–Kier alpha value is -3.35. The smallest absolute Gasteiger partial charge is 0.317 e. The second-order valence-electron chi connectivity index (χ2n) is 8.35. The monoisotopic (exact) mass is 459 g/mol. The van der Waals surface area contributed by atoms with E-state index < -0.39 is 0 Å². The summed E-state index contributed by atoms with van der Waals surface area (Å²) < 4.78 is 1.84. The molecule has 7 heteroatoms. The lowest BCUT2D eigenvalue weighted by molar-refractivity contribution is 0.262. The number of fused-ring (bicyclic) bond motifs is 1. The summed E-state index contributed by atoms with van der Waals surface area (Å²) in [4.78, 5) is 13.1. The number of rotatable bonds is 4. The van der Waals surface area contributed by atoms with Crippen molar-refractivity contribution in [2.75, 3.05) is 23.7 Å². The first kappa shape index (κ1) is 21.5. The van der Waals surface area contributed by atoms with Gasteiger partial charge in [0.25, 0.3) is 0 Å². The van der Waals surface area contributed by atoms with Crippen molar-refractivity contribution in [3.05, 3.63) is 83.0 Å². The molecular weight excluding hydrogens is 434 g/mol. The molecule has 0 spiro atoms. The fourth-order valence-corrected chi connectivity index (χ4v) is 4.76. The Kier molecular flexibility index (Phi) is 6.03. The van der Waals surface area contributed by atoms with Gasteiger partial charge in [0, 0.05) is 27.3 Å². The fourth-order valence-electron chi connectivity index (χ4n) is 4.53. The van der Waals surface area contributed by atoms with Crippen molar-refractivity contribution < 1.29 is 4.79 Å². The van der Waals surface area contributed by atoms with Gasteiger partial charge < -0.3 is 10.6 Å². The first-order valence-corrected chi connectivity index (χ1v) is 11.6. The van der Waals surface area contributed by atoms with Crippen LogP contribution in [0.25, 0.3) is 16.5 Å². The molecular formula is C26H26ClN5O. The van der Waals surface area contributed by atoms with Gasteiger partial charge in [-0.3, -0.25) is 5.32 Å². The largest absolute Gasteiger partial charge is 0.324 e. The minimum atomic E-state index is -0.320. The SMILES string of the molecule is Cc1c(C2CCNCC2)nn(-c2ccccc2)c1NC(=O)Nc1ccc(Cl)c2ccccc12. The maximum absolute atomic E-state index is 13.1. The summed E-state index contributed by atoms with van der Waals surface area (Å²) in [5.41, 5.74) is 3.66. The van der Waals surface area contributed by atoms with Gasteiger partial charge in [-0.05, 0) is 57.1 Å². The van der Waals surface area contributed by atoms with Crippen LogP contribution < -0.4 is 16.0 Å². The molecule has 33 heavy (non-hydrogen) atoms. The van der Waals surface area contributed by atoms with Crippen LogP contribution in [0.1, 0.15) is 30.0 Å². The van der Waals surface area contributed by atoms with E-state index >= 15 is 0 Å². The third-order valence-electron chi connectivity index (χ3n) is 6.24. The number of amides is 2. The molecule has 1 saturated heterocycles. The highest BCUT2D eigenvalue weighted by atomic mass is 35.5. The van der Waals surface area contributed by atoms with Crippen molar-refractivity contribution in [3.8, 4) is 5.69 Å². The molecule has 1 aliphatic rings. The van der Waals surface area contributed by atoms with Crippen LogP contribution in [-0.4, -0.2) is 28.9 Å². The average molecular weight is 460 g/mol. The van der Waals surface area contributed by atoms with E-state index in [2.05, 4.69) is 16.0 Å². The summed E-state index contributed by atoms with van der Waals surface area (Å²) in [6, 6.07) is 21.0. The first-order valence-electron chi connectivity index (χ1n) is 11.2. The second-order valence-corrected chi connectivity index (χ2v) is 8.76. The van der Waals surface area contributed by atoms with Crippen LogP contribution >= 0.6 is 11.6 Å². The standard InChI is InChI=1S/C26H26ClN5O/c1-17-24(18-13-15-28-16-14-18)31-32(19-7-3-2-4-8-19)25(17)30-26(33)29-23-12-11-22(27)20-9-5-6-10-21(20)23/h2-12,18,28H,13-16H2,1H3,(H2,29,30,33). The fraction of sp³-hybridized carbons (Fsp3) is 0.231. The number of halogens is 1. The second kappa shape index (κ2) is 9.25. The van der Waals surface area contributed by atoms with Gasteiger partial charge in [0.2, 0.25) is 0 Å². The molecule has 2 heterocycles. The average Bonchev–Trinajstić information content (AvgIpc) is 3.18. The van der Waals surface area contributed by atoms with Crippen LogP contribution in [0.5, 0.6) is 0 Å². The maximum atomic E-state index is 13.1. The molecule has 168 valence electrons. The highest BCUT2D eigenvalue weighted by Gasteiger charge is 2.25. The van der Waals surface area contributed by atoms with E-state index in [9.17, 15) is 4.79 Å². The summed E-state index contributed by atoms with van der Waals surface area (Å²) >= 11 is 6.34. The Bertz CT molecular complexity index is 1300. The van der Waals surface area contributed by atoms with E-state index in [0.717, 1.165) is 53.6 Å². The molecule has 0 aliphatic carbocycles. The van der Waals surface area contributed by atoms with E-state index in [1.165, 1.54) is 0 Å². The molecule has 1 fully saturated rings. The number of hydrogen-bond donors (Lipinski definition) is 3. The van der Waals surface area contributed by atoms with Gasteiger partial charge in [-0.2, -0.15) is 5.10 Å². The Morgan fingerprint density at radius 3 is 2.42 bits per heavy atom. The van der Waals surface area contributed by atoms with Crippen LogP contribution in [0.4, 0.5) is 16.3 Å². The third-order valence-corrected chi connectivity index (χ3v) is 6.57. The molecule has 1 aliphatic heterocycles. The lowest BCUT2D eigenvalue weighted by atomic mass is 9.92. The van der Waals surface area contributed by atoms with E-state index in [-0.39, 0.29) is 6.03 Å². The Balaban J connectivity index is 1.48. The van der Waals surface area contributed by atoms with E-state index in [1.54, 1.807) is 6.07 Å². The summed E-state index contributed by atoms with van der Waals surface area (Å²) in [6.45, 7) is 4.00. The zero-order valence-corrected chi connectivity index (χ0v) is 19.2. The molecule has 0 bridgehead atoms. The van der Waals surface area contributed by atoms with Gasteiger partial charge in [0.1, 0.15) is 5.82 Å². The molecule has 6 nitrogen and oxygen atoms in total. The zero-order chi connectivity index (χ0) is 22.8. The van der Waals surface area contributed by atoms with Crippen molar-refractivity contribution in [3.63, 3.8) is 0 Å². The number of nitrogens with one attached hydrogen (secondary N) is 3. The van der Waals surface area contributed by atoms with Crippen LogP contribution in [0.15, 0.2) is 66.7 Å². The molecule has 0 radical (unpaired) electrons. The van der Waals surface area contributed by atoms with Crippen LogP contribution in [0.3, 0.4) is 0 Å². The number of hydrogen-bond acceptors (Lipinski definition) is 3. The number of carbonyl (C=O) groups is 1. The topological polar surface area (TPSA) is 71.0 Å². The summed E-state index contributed by atoms with van der Waals surface area (Å²) in [7, 11) is 0. The van der Waals surface area contributed by atoms with Crippen molar-refractivity contribution in [2.24, 2.45) is 0 Å². The quantitative estimate of drug-likeness (QED) is 0.345. The van der Waals surface area contributed by atoms with Gasteiger partial charge in [-0.25, -0.2) is 9.48 Å². The molecule has 3 N–H and O–H groups in total. The molecule has 0 atom stereocenters. The number of anilines is 2. The first-order chi connectivity index (χ1) is 16.1. The minimum Gasteiger partial charge on any atom is -0.317 e. The Labute approximate surface area is 197 Å². The van der Waals surface area contributed by atoms with Gasteiger partial charge in [0.05, 0.1) is 17.1 Å². The predicted octanol–water partition coefficient (Wildman–Crippen LogP) is 6.10. The number of para-hydroxylation sites is 1. The lowest BCUT2D eigenvalue weighted by Crippen LogP contribution is -2.27. The molecule has 4 aromatic rings. The van der Waals surface area contributed by atoms with Gasteiger partial charge >= 0.3 is 6.03 Å². The van der Waals surface area contributed by atoms with Crippen molar-refractivity contribution in [1.82, 2.24) is 15.1 Å². The Morgan fingerprint density at radius 2 is 1.67 bits per heavy atom. The molecule has 0 unspecified atom stereocenters. The number of benzene rings is 3. The van der Waals surface area contributed by atoms with Gasteiger partial charge in [-0.15, -0.1) is 0 Å². The molecule has 3 aromatic carbocycles. The maximum Gasteiger partial charge on any atom is 0.324 e. The lowest BCUT2D eigenvalue weighted by Gasteiger charge is -2.21. The Morgan fingerprint density at radius 1 is 0.970 bits per heavy atom. The molecule has 2 amide bonds. The highest BCUT2D eigenvalue weighted by molar-refractivity contribution is 6.36. The number of piperidine rings is 1. The van der Waals surface area contributed by atoms with E-state index in [0.29, 0.717) is 22.4 Å². The van der Waals surface area contributed by atoms with Crippen molar-refractivity contribution in [1.29, 1.82) is 0 Å². The highest BCUT2D eigenvalue weighted by Crippen LogP contribution is 2.33. The van der Waals surface area contributed by atoms with E-state index in [4.69, 9.17) is 16.7 Å². The number of aromatic nitrogens is 2. The van der Waals surface area contributed by atoms with Gasteiger partial charge in [0.15, 0.2) is 0 Å². The summed E-state index contributed by atoms with van der Waals surface area (Å²) in [5.74, 6) is 1.06. The molecule has 0 saturated carbocycles. The van der Waals surface area contributed by atoms with E-state index in [1.807, 2.05) is 72.3 Å².